The van der Waals surface area contributed by atoms with Crippen LogP contribution in [0.15, 0.2) is 46.0 Å². The second kappa shape index (κ2) is 9.01. The molecule has 3 N–H and O–H groups in total. The maximum absolute atomic E-state index is 13.3. The Hall–Kier alpha value is -2.68. The zero-order valence-electron chi connectivity index (χ0n) is 15.9. The SMILES string of the molecule is CCNC(=NCc1ccc(OC)cc1C(F)(F)F)NCC(C)(O)c1ccco1. The molecule has 1 heterocycles. The summed E-state index contributed by atoms with van der Waals surface area (Å²) in [6.07, 6.45) is -3.07. The summed E-state index contributed by atoms with van der Waals surface area (Å²) in [6.45, 7) is 3.76. The van der Waals surface area contributed by atoms with Crippen LogP contribution in [0.3, 0.4) is 0 Å². The summed E-state index contributed by atoms with van der Waals surface area (Å²) in [5.74, 6) is 0.767. The van der Waals surface area contributed by atoms with Gasteiger partial charge in [-0.05, 0) is 43.7 Å². The van der Waals surface area contributed by atoms with Gasteiger partial charge in [0.1, 0.15) is 17.1 Å². The number of ether oxygens (including phenoxy) is 1. The van der Waals surface area contributed by atoms with Crippen LogP contribution in [0.4, 0.5) is 13.2 Å². The highest BCUT2D eigenvalue weighted by molar-refractivity contribution is 5.79. The molecule has 0 amide bonds. The molecule has 1 aromatic heterocycles. The number of nitrogens with zero attached hydrogens (tertiary/aromatic N) is 1. The number of aliphatic hydroxyl groups is 1. The van der Waals surface area contributed by atoms with Crippen molar-refractivity contribution in [2.24, 2.45) is 4.99 Å². The molecule has 0 saturated heterocycles. The second-order valence-electron chi connectivity index (χ2n) is 6.32. The Morgan fingerprint density at radius 2 is 2.00 bits per heavy atom. The zero-order valence-corrected chi connectivity index (χ0v) is 15.9. The van der Waals surface area contributed by atoms with E-state index in [4.69, 9.17) is 9.15 Å². The van der Waals surface area contributed by atoms with E-state index in [0.717, 1.165) is 6.07 Å². The molecular formula is C19H24F3N3O3. The summed E-state index contributed by atoms with van der Waals surface area (Å²) < 4.78 is 50.1. The van der Waals surface area contributed by atoms with Crippen LogP contribution in [0.5, 0.6) is 5.75 Å². The van der Waals surface area contributed by atoms with Gasteiger partial charge in [-0.3, -0.25) is 0 Å². The number of hydrogen-bond donors (Lipinski definition) is 3. The van der Waals surface area contributed by atoms with Crippen molar-refractivity contribution in [1.29, 1.82) is 0 Å². The number of methoxy groups -OCH3 is 1. The molecular weight excluding hydrogens is 375 g/mol. The molecule has 2 rings (SSSR count). The fourth-order valence-corrected chi connectivity index (χ4v) is 2.52. The topological polar surface area (TPSA) is 79.0 Å². The molecule has 0 aliphatic rings. The Morgan fingerprint density at radius 3 is 2.57 bits per heavy atom. The minimum Gasteiger partial charge on any atom is -0.497 e. The highest BCUT2D eigenvalue weighted by Gasteiger charge is 2.33. The van der Waals surface area contributed by atoms with Crippen LogP contribution in [0.1, 0.15) is 30.7 Å². The molecule has 0 spiro atoms. The van der Waals surface area contributed by atoms with E-state index >= 15 is 0 Å². The van der Waals surface area contributed by atoms with E-state index in [0.29, 0.717) is 12.3 Å². The van der Waals surface area contributed by atoms with Gasteiger partial charge in [0.15, 0.2) is 5.96 Å². The summed E-state index contributed by atoms with van der Waals surface area (Å²) >= 11 is 0. The maximum Gasteiger partial charge on any atom is 0.416 e. The van der Waals surface area contributed by atoms with Crippen molar-refractivity contribution in [3.63, 3.8) is 0 Å². The number of alkyl halides is 3. The second-order valence-corrected chi connectivity index (χ2v) is 6.32. The van der Waals surface area contributed by atoms with Crippen LogP contribution in [0.2, 0.25) is 0 Å². The third-order valence-electron chi connectivity index (χ3n) is 4.03. The number of halogens is 3. The lowest BCUT2D eigenvalue weighted by molar-refractivity contribution is -0.138. The Bertz CT molecular complexity index is 787. The van der Waals surface area contributed by atoms with E-state index in [1.165, 1.54) is 25.5 Å². The molecule has 0 fully saturated rings. The quantitative estimate of drug-likeness (QED) is 0.492. The van der Waals surface area contributed by atoms with Gasteiger partial charge in [-0.25, -0.2) is 4.99 Å². The normalized spacial score (nSPS) is 14.5. The Labute approximate surface area is 161 Å². The van der Waals surface area contributed by atoms with Crippen LogP contribution in [0, 0.1) is 0 Å². The summed E-state index contributed by atoms with van der Waals surface area (Å²) in [7, 11) is 1.31. The lowest BCUT2D eigenvalue weighted by atomic mass is 10.0. The van der Waals surface area contributed by atoms with Crippen LogP contribution >= 0.6 is 0 Å². The monoisotopic (exact) mass is 399 g/mol. The summed E-state index contributed by atoms with van der Waals surface area (Å²) in [5, 5.41) is 16.3. The molecule has 0 aliphatic heterocycles. The van der Waals surface area contributed by atoms with Crippen LogP contribution in [0.25, 0.3) is 0 Å². The van der Waals surface area contributed by atoms with Crippen molar-refractivity contribution in [3.05, 3.63) is 53.5 Å². The molecule has 28 heavy (non-hydrogen) atoms. The van der Waals surface area contributed by atoms with Crippen LogP contribution in [-0.2, 0) is 18.3 Å². The predicted octanol–water partition coefficient (Wildman–Crippen LogP) is 3.27. The first-order valence-electron chi connectivity index (χ1n) is 8.70. The fraction of sp³-hybridized carbons (Fsp3) is 0.421. The van der Waals surface area contributed by atoms with Gasteiger partial charge >= 0.3 is 6.18 Å². The Morgan fingerprint density at radius 1 is 1.25 bits per heavy atom. The summed E-state index contributed by atoms with van der Waals surface area (Å²) in [5.41, 5.74) is -2.09. The number of rotatable bonds is 7. The first kappa shape index (κ1) is 21.6. The van der Waals surface area contributed by atoms with E-state index in [9.17, 15) is 18.3 Å². The van der Waals surface area contributed by atoms with E-state index in [1.807, 2.05) is 6.92 Å². The Balaban J connectivity index is 2.16. The molecule has 0 saturated carbocycles. The largest absolute Gasteiger partial charge is 0.497 e. The Kier molecular flexibility index (Phi) is 6.95. The van der Waals surface area contributed by atoms with E-state index in [2.05, 4.69) is 15.6 Å². The van der Waals surface area contributed by atoms with Gasteiger partial charge in [0.05, 0.1) is 32.0 Å². The third kappa shape index (κ3) is 5.66. The van der Waals surface area contributed by atoms with Gasteiger partial charge in [-0.15, -0.1) is 0 Å². The number of aliphatic imine (C=N–C) groups is 1. The van der Waals surface area contributed by atoms with Gasteiger partial charge < -0.3 is 24.9 Å². The van der Waals surface area contributed by atoms with Crippen molar-refractivity contribution < 1.29 is 27.4 Å². The van der Waals surface area contributed by atoms with Gasteiger partial charge in [0, 0.05) is 6.54 Å². The van der Waals surface area contributed by atoms with Crippen molar-refractivity contribution in [3.8, 4) is 5.75 Å². The lowest BCUT2D eigenvalue weighted by Crippen LogP contribution is -2.44. The molecule has 1 unspecified atom stereocenters. The maximum atomic E-state index is 13.3. The third-order valence-corrected chi connectivity index (χ3v) is 4.03. The zero-order chi connectivity index (χ0) is 20.8. The molecule has 0 aliphatic carbocycles. The van der Waals surface area contributed by atoms with Crippen LogP contribution < -0.4 is 15.4 Å². The molecule has 0 bridgehead atoms. The molecule has 1 atom stereocenters. The standard InChI is InChI=1S/C19H24F3N3O3/c1-4-23-17(25-12-18(2,26)16-6-5-9-28-16)24-11-13-7-8-14(27-3)10-15(13)19(20,21)22/h5-10,26H,4,11-12H2,1-3H3,(H2,23,24,25). The van der Waals surface area contributed by atoms with Crippen molar-refractivity contribution in [2.45, 2.75) is 32.2 Å². The molecule has 6 nitrogen and oxygen atoms in total. The predicted molar refractivity (Wildman–Crippen MR) is 99.1 cm³/mol. The molecule has 0 radical (unpaired) electrons. The minimum absolute atomic E-state index is 0.0169. The average molecular weight is 399 g/mol. The molecule has 154 valence electrons. The van der Waals surface area contributed by atoms with Crippen molar-refractivity contribution >= 4 is 5.96 Å². The smallest absolute Gasteiger partial charge is 0.416 e. The average Bonchev–Trinajstić information content (AvgIpc) is 3.19. The summed E-state index contributed by atoms with van der Waals surface area (Å²) in [6, 6.07) is 7.05. The number of hydrogen-bond acceptors (Lipinski definition) is 4. The summed E-state index contributed by atoms with van der Waals surface area (Å²) in [4.78, 5) is 4.21. The highest BCUT2D eigenvalue weighted by Crippen LogP contribution is 2.34. The number of guanidine groups is 1. The van der Waals surface area contributed by atoms with E-state index in [-0.39, 0.29) is 30.4 Å². The minimum atomic E-state index is -4.52. The molecule has 2 aromatic rings. The van der Waals surface area contributed by atoms with Crippen LogP contribution in [-0.4, -0.2) is 31.3 Å². The molecule has 1 aromatic carbocycles. The number of furan rings is 1. The lowest BCUT2D eigenvalue weighted by Gasteiger charge is -2.22. The van der Waals surface area contributed by atoms with Gasteiger partial charge in [-0.1, -0.05) is 6.07 Å². The molecule has 9 heteroatoms. The first-order valence-corrected chi connectivity index (χ1v) is 8.70. The van der Waals surface area contributed by atoms with Gasteiger partial charge in [0.2, 0.25) is 0 Å². The van der Waals surface area contributed by atoms with Gasteiger partial charge in [0.25, 0.3) is 0 Å². The van der Waals surface area contributed by atoms with E-state index in [1.54, 1.807) is 19.1 Å². The van der Waals surface area contributed by atoms with Gasteiger partial charge in [-0.2, -0.15) is 13.2 Å². The van der Waals surface area contributed by atoms with Crippen molar-refractivity contribution in [2.75, 3.05) is 20.2 Å². The fourth-order valence-electron chi connectivity index (χ4n) is 2.52. The highest BCUT2D eigenvalue weighted by atomic mass is 19.4. The number of nitrogens with one attached hydrogen (secondary N) is 2. The number of benzene rings is 1. The van der Waals surface area contributed by atoms with E-state index < -0.39 is 17.3 Å². The van der Waals surface area contributed by atoms with Crippen molar-refractivity contribution in [1.82, 2.24) is 10.6 Å². The first-order chi connectivity index (χ1) is 13.2.